The van der Waals surface area contributed by atoms with Crippen molar-refractivity contribution in [1.82, 2.24) is 0 Å². The fraction of sp³-hybridized carbons (Fsp3) is 0.867. The number of aliphatic hydroxyl groups is 1. The van der Waals surface area contributed by atoms with Crippen molar-refractivity contribution in [2.45, 2.75) is 37.9 Å². The molecule has 0 fully saturated rings. The van der Waals surface area contributed by atoms with E-state index < -0.39 is 0 Å². The van der Waals surface area contributed by atoms with Crippen LogP contribution in [-0.4, -0.2) is 64.1 Å². The largest absolute Gasteiger partial charge is 0.390 e. The molecule has 0 aromatic rings. The second-order valence-corrected chi connectivity index (χ2v) is 4.82. The molecular formula is C15H28O5. The summed E-state index contributed by atoms with van der Waals surface area (Å²) in [6.45, 7) is 3.38. The summed E-state index contributed by atoms with van der Waals surface area (Å²) in [6, 6.07) is 0. The fourth-order valence-electron chi connectivity index (χ4n) is 2.06. The third-order valence-corrected chi connectivity index (χ3v) is 3.21. The summed E-state index contributed by atoms with van der Waals surface area (Å²) in [5.74, 6) is 0. The van der Waals surface area contributed by atoms with Gasteiger partial charge in [0.2, 0.25) is 0 Å². The Balaban J connectivity index is 1.95. The van der Waals surface area contributed by atoms with Gasteiger partial charge in [-0.2, -0.15) is 0 Å². The van der Waals surface area contributed by atoms with Crippen LogP contribution in [0.3, 0.4) is 0 Å². The lowest BCUT2D eigenvalue weighted by atomic mass is 10.0. The average molecular weight is 288 g/mol. The van der Waals surface area contributed by atoms with Gasteiger partial charge in [-0.1, -0.05) is 12.2 Å². The van der Waals surface area contributed by atoms with Gasteiger partial charge in [-0.25, -0.2) is 0 Å². The zero-order chi connectivity index (χ0) is 14.5. The highest BCUT2D eigenvalue weighted by Gasteiger charge is 2.19. The highest BCUT2D eigenvalue weighted by atomic mass is 16.6. The normalized spacial score (nSPS) is 25.1. The molecule has 1 rings (SSSR count). The van der Waals surface area contributed by atoms with E-state index in [1.165, 1.54) is 0 Å². The van der Waals surface area contributed by atoms with E-state index in [1.807, 2.05) is 0 Å². The molecule has 0 saturated heterocycles. The van der Waals surface area contributed by atoms with Crippen LogP contribution in [0.2, 0.25) is 0 Å². The number of allylic oxidation sites excluding steroid dienone is 2. The van der Waals surface area contributed by atoms with Crippen molar-refractivity contribution in [2.24, 2.45) is 0 Å². The third kappa shape index (κ3) is 8.66. The van der Waals surface area contributed by atoms with Gasteiger partial charge in [-0.3, -0.25) is 0 Å². The summed E-state index contributed by atoms with van der Waals surface area (Å²) >= 11 is 0. The van der Waals surface area contributed by atoms with Crippen molar-refractivity contribution in [2.75, 3.05) is 46.8 Å². The first-order chi connectivity index (χ1) is 9.84. The molecule has 5 heteroatoms. The van der Waals surface area contributed by atoms with Crippen LogP contribution < -0.4 is 0 Å². The van der Waals surface area contributed by atoms with Crippen LogP contribution in [0.15, 0.2) is 12.2 Å². The second-order valence-electron chi connectivity index (χ2n) is 4.82. The lowest BCUT2D eigenvalue weighted by Gasteiger charge is -2.24. The number of aliphatic hydroxyl groups excluding tert-OH is 1. The van der Waals surface area contributed by atoms with Crippen LogP contribution in [0, 0.1) is 0 Å². The molecule has 2 atom stereocenters. The molecule has 1 aliphatic rings. The van der Waals surface area contributed by atoms with E-state index in [1.54, 1.807) is 7.11 Å². The molecule has 0 saturated carbocycles. The Morgan fingerprint density at radius 3 is 2.20 bits per heavy atom. The molecule has 0 aromatic carbocycles. The van der Waals surface area contributed by atoms with E-state index in [2.05, 4.69) is 12.2 Å². The predicted molar refractivity (Wildman–Crippen MR) is 76.9 cm³/mol. The lowest BCUT2D eigenvalue weighted by Crippen LogP contribution is -2.30. The van der Waals surface area contributed by atoms with Crippen LogP contribution in [0.4, 0.5) is 0 Å². The maximum atomic E-state index is 9.97. The molecule has 2 unspecified atom stereocenters. The monoisotopic (exact) mass is 288 g/mol. The van der Waals surface area contributed by atoms with E-state index in [9.17, 15) is 5.11 Å². The summed E-state index contributed by atoms with van der Waals surface area (Å²) in [4.78, 5) is 0. The van der Waals surface area contributed by atoms with E-state index >= 15 is 0 Å². The molecule has 0 spiro atoms. The van der Waals surface area contributed by atoms with Gasteiger partial charge in [0.15, 0.2) is 0 Å². The first-order valence-corrected chi connectivity index (χ1v) is 7.43. The van der Waals surface area contributed by atoms with E-state index in [0.29, 0.717) is 39.6 Å². The highest BCUT2D eigenvalue weighted by molar-refractivity contribution is 4.88. The molecule has 20 heavy (non-hydrogen) atoms. The quantitative estimate of drug-likeness (QED) is 0.488. The summed E-state index contributed by atoms with van der Waals surface area (Å²) in [5.41, 5.74) is 0. The third-order valence-electron chi connectivity index (χ3n) is 3.21. The predicted octanol–water partition coefficient (Wildman–Crippen LogP) is 1.54. The van der Waals surface area contributed by atoms with Crippen LogP contribution in [0.25, 0.3) is 0 Å². The van der Waals surface area contributed by atoms with Crippen molar-refractivity contribution in [3.8, 4) is 0 Å². The molecule has 118 valence electrons. The number of methoxy groups -OCH3 is 1. The molecule has 0 amide bonds. The zero-order valence-electron chi connectivity index (χ0n) is 12.5. The Labute approximate surface area is 121 Å². The number of rotatable bonds is 10. The van der Waals surface area contributed by atoms with Gasteiger partial charge in [0, 0.05) is 7.11 Å². The fourth-order valence-corrected chi connectivity index (χ4v) is 2.06. The van der Waals surface area contributed by atoms with Crippen molar-refractivity contribution in [3.63, 3.8) is 0 Å². The van der Waals surface area contributed by atoms with Crippen molar-refractivity contribution < 1.29 is 24.1 Å². The van der Waals surface area contributed by atoms with E-state index in [0.717, 1.165) is 25.7 Å². The summed E-state index contributed by atoms with van der Waals surface area (Å²) in [5, 5.41) is 9.97. The van der Waals surface area contributed by atoms with Crippen LogP contribution in [0.5, 0.6) is 0 Å². The maximum Gasteiger partial charge on any atom is 0.0838 e. The smallest absolute Gasteiger partial charge is 0.0838 e. The first kappa shape index (κ1) is 17.6. The molecule has 0 aromatic heterocycles. The Morgan fingerprint density at radius 2 is 1.50 bits per heavy atom. The Kier molecular flexibility index (Phi) is 10.8. The van der Waals surface area contributed by atoms with E-state index in [-0.39, 0.29) is 12.2 Å². The molecule has 1 aliphatic carbocycles. The molecule has 0 aliphatic heterocycles. The average Bonchev–Trinajstić information content (AvgIpc) is 2.44. The van der Waals surface area contributed by atoms with Gasteiger partial charge in [0.1, 0.15) is 0 Å². The Hall–Kier alpha value is -0.460. The summed E-state index contributed by atoms with van der Waals surface area (Å²) in [6.07, 6.45) is 7.40. The Bertz CT molecular complexity index is 244. The molecule has 0 heterocycles. The SMILES string of the molecule is COCCOCCOCCOC1CC/C=C/CCC1O. The minimum Gasteiger partial charge on any atom is -0.390 e. The number of ether oxygens (including phenoxy) is 4. The number of hydrogen-bond donors (Lipinski definition) is 1. The molecular weight excluding hydrogens is 260 g/mol. The summed E-state index contributed by atoms with van der Waals surface area (Å²) < 4.78 is 21.3. The minimum atomic E-state index is -0.364. The van der Waals surface area contributed by atoms with Gasteiger partial charge >= 0.3 is 0 Å². The molecule has 1 N–H and O–H groups in total. The standard InChI is InChI=1S/C15H28O5/c1-17-8-9-18-10-11-19-12-13-20-15-7-5-3-2-4-6-14(15)16/h2-3,14-16H,4-13H2,1H3/b3-2+. The zero-order valence-corrected chi connectivity index (χ0v) is 12.5. The van der Waals surface area contributed by atoms with Gasteiger partial charge in [-0.05, 0) is 25.7 Å². The van der Waals surface area contributed by atoms with Gasteiger partial charge < -0.3 is 24.1 Å². The van der Waals surface area contributed by atoms with Gasteiger partial charge in [-0.15, -0.1) is 0 Å². The van der Waals surface area contributed by atoms with Crippen LogP contribution in [-0.2, 0) is 18.9 Å². The first-order valence-electron chi connectivity index (χ1n) is 7.43. The van der Waals surface area contributed by atoms with Crippen LogP contribution >= 0.6 is 0 Å². The van der Waals surface area contributed by atoms with Crippen LogP contribution in [0.1, 0.15) is 25.7 Å². The van der Waals surface area contributed by atoms with Gasteiger partial charge in [0.25, 0.3) is 0 Å². The molecule has 5 nitrogen and oxygen atoms in total. The minimum absolute atomic E-state index is 0.0681. The van der Waals surface area contributed by atoms with Crippen molar-refractivity contribution in [1.29, 1.82) is 0 Å². The lowest BCUT2D eigenvalue weighted by molar-refractivity contribution is -0.0659. The molecule has 0 radical (unpaired) electrons. The highest BCUT2D eigenvalue weighted by Crippen LogP contribution is 2.16. The number of hydrogen-bond acceptors (Lipinski definition) is 5. The topological polar surface area (TPSA) is 57.2 Å². The van der Waals surface area contributed by atoms with Gasteiger partial charge in [0.05, 0.1) is 51.8 Å². The second kappa shape index (κ2) is 12.3. The Morgan fingerprint density at radius 1 is 0.900 bits per heavy atom. The van der Waals surface area contributed by atoms with Crippen molar-refractivity contribution >= 4 is 0 Å². The maximum absolute atomic E-state index is 9.97. The molecule has 0 bridgehead atoms. The van der Waals surface area contributed by atoms with E-state index in [4.69, 9.17) is 18.9 Å². The summed E-state index contributed by atoms with van der Waals surface area (Å²) in [7, 11) is 1.65. The van der Waals surface area contributed by atoms with Crippen molar-refractivity contribution in [3.05, 3.63) is 12.2 Å².